The number of aromatic nitrogens is 2. The summed E-state index contributed by atoms with van der Waals surface area (Å²) in [5, 5.41) is 4.71. The summed E-state index contributed by atoms with van der Waals surface area (Å²) < 4.78 is 44.1. The lowest BCUT2D eigenvalue weighted by atomic mass is 10.2. The number of piperazine rings is 1. The lowest BCUT2D eigenvalue weighted by Crippen LogP contribution is -2.46. The van der Waals surface area contributed by atoms with Gasteiger partial charge >= 0.3 is 5.97 Å². The smallest absolute Gasteiger partial charge is 0.311 e. The lowest BCUT2D eigenvalue weighted by Gasteiger charge is -2.31. The van der Waals surface area contributed by atoms with Gasteiger partial charge in [0.2, 0.25) is 21.8 Å². The molecule has 1 aliphatic rings. The number of carbonyl (C=O) groups excluding carboxylic acids is 2. The Labute approximate surface area is 243 Å². The van der Waals surface area contributed by atoms with Gasteiger partial charge in [0.1, 0.15) is 5.75 Å². The first-order valence-corrected chi connectivity index (χ1v) is 15.4. The van der Waals surface area contributed by atoms with Gasteiger partial charge in [-0.3, -0.25) is 14.9 Å². The highest BCUT2D eigenvalue weighted by molar-refractivity contribution is 7.89. The third-order valence-corrected chi connectivity index (χ3v) is 8.67. The monoisotopic (exact) mass is 603 g/mol. The molecule has 3 heterocycles. The second-order valence-corrected chi connectivity index (χ2v) is 12.4. The molecule has 0 atom stereocenters. The first kappa shape index (κ1) is 30.4. The fraction of sp³-hybridized carbons (Fsp3) is 0.407. The molecule has 220 valence electrons. The summed E-state index contributed by atoms with van der Waals surface area (Å²) >= 11 is 1.18. The molecule has 3 aromatic rings. The molecular weight excluding hydrogens is 570 g/mol. The average molecular weight is 604 g/mol. The fourth-order valence-corrected chi connectivity index (χ4v) is 6.05. The number of pyridine rings is 1. The zero-order valence-electron chi connectivity index (χ0n) is 23.3. The van der Waals surface area contributed by atoms with E-state index in [4.69, 9.17) is 14.2 Å². The van der Waals surface area contributed by atoms with Crippen LogP contribution in [0, 0.1) is 0 Å². The number of ether oxygens (including phenoxy) is 3. The van der Waals surface area contributed by atoms with Gasteiger partial charge in [-0.15, -0.1) is 11.3 Å². The molecule has 0 spiro atoms. The number of nitrogens with zero attached hydrogens (tertiary/aromatic N) is 4. The van der Waals surface area contributed by atoms with Crippen molar-refractivity contribution in [2.45, 2.75) is 38.2 Å². The first-order chi connectivity index (χ1) is 19.5. The summed E-state index contributed by atoms with van der Waals surface area (Å²) in [4.78, 5) is 35.7. The van der Waals surface area contributed by atoms with Gasteiger partial charge in [0.25, 0.3) is 5.91 Å². The number of anilines is 1. The second-order valence-electron chi connectivity index (χ2n) is 9.56. The van der Waals surface area contributed by atoms with Crippen LogP contribution in [0.4, 0.5) is 5.13 Å². The molecule has 1 aliphatic heterocycles. The number of esters is 1. The standard InChI is InChI=1S/C27H33N5O7S2/c1-5-37-25(33)16-20-17-40-27(28-20)30-26(34)19-14-23(38-18(2)3)29-24(15-19)39-21-6-8-22(9-7-21)41(35,36)32-12-10-31(4)11-13-32/h6-9,14-15,17-18H,5,10-13,16H2,1-4H3,(H,28,30,34). The number of benzene rings is 1. The van der Waals surface area contributed by atoms with Crippen molar-refractivity contribution in [3.8, 4) is 17.5 Å². The number of sulfonamides is 1. The lowest BCUT2D eigenvalue weighted by molar-refractivity contribution is -0.142. The van der Waals surface area contributed by atoms with Gasteiger partial charge in [0.15, 0.2) is 5.13 Å². The van der Waals surface area contributed by atoms with Crippen molar-refractivity contribution < 1.29 is 32.2 Å². The Kier molecular flexibility index (Phi) is 9.91. The Hall–Kier alpha value is -3.59. The Balaban J connectivity index is 1.49. The fourth-order valence-electron chi connectivity index (χ4n) is 3.92. The molecule has 0 aliphatic carbocycles. The van der Waals surface area contributed by atoms with E-state index in [0.29, 0.717) is 42.8 Å². The van der Waals surface area contributed by atoms with Gasteiger partial charge < -0.3 is 19.1 Å². The van der Waals surface area contributed by atoms with Crippen LogP contribution in [-0.2, 0) is 26.0 Å². The van der Waals surface area contributed by atoms with E-state index in [1.165, 1.54) is 39.9 Å². The van der Waals surface area contributed by atoms with E-state index in [1.54, 1.807) is 24.4 Å². The number of thiazole rings is 1. The molecular formula is C27H33N5O7S2. The first-order valence-electron chi connectivity index (χ1n) is 13.1. The molecule has 41 heavy (non-hydrogen) atoms. The van der Waals surface area contributed by atoms with E-state index in [0.717, 1.165) is 0 Å². The summed E-state index contributed by atoms with van der Waals surface area (Å²) in [5.41, 5.74) is 0.700. The molecule has 0 saturated carbocycles. The van der Waals surface area contributed by atoms with Gasteiger partial charge in [-0.25, -0.2) is 13.4 Å². The van der Waals surface area contributed by atoms with Gasteiger partial charge in [-0.05, 0) is 52.1 Å². The highest BCUT2D eigenvalue weighted by Gasteiger charge is 2.27. The maximum atomic E-state index is 13.1. The van der Waals surface area contributed by atoms with Crippen molar-refractivity contribution in [1.82, 2.24) is 19.2 Å². The Morgan fingerprint density at radius 2 is 1.73 bits per heavy atom. The number of likely N-dealkylation sites (N-methyl/N-ethyl adjacent to an activating group) is 1. The van der Waals surface area contributed by atoms with E-state index in [9.17, 15) is 18.0 Å². The predicted molar refractivity (Wildman–Crippen MR) is 153 cm³/mol. The van der Waals surface area contributed by atoms with Gasteiger partial charge in [-0.2, -0.15) is 9.29 Å². The molecule has 2 aromatic heterocycles. The SMILES string of the molecule is CCOC(=O)Cc1csc(NC(=O)c2cc(Oc3ccc(S(=O)(=O)N4CCN(C)CC4)cc3)nc(OC(C)C)c2)n1. The third kappa shape index (κ3) is 8.22. The van der Waals surface area contributed by atoms with E-state index < -0.39 is 21.9 Å². The minimum atomic E-state index is -3.62. The largest absolute Gasteiger partial charge is 0.475 e. The normalized spacial score (nSPS) is 14.6. The van der Waals surface area contributed by atoms with E-state index >= 15 is 0 Å². The summed E-state index contributed by atoms with van der Waals surface area (Å²) in [7, 11) is -1.66. The molecule has 0 unspecified atom stereocenters. The molecule has 0 bridgehead atoms. The van der Waals surface area contributed by atoms with Crippen molar-refractivity contribution in [2.24, 2.45) is 0 Å². The van der Waals surface area contributed by atoms with Crippen LogP contribution in [0.1, 0.15) is 36.8 Å². The van der Waals surface area contributed by atoms with Crippen LogP contribution in [0.5, 0.6) is 17.5 Å². The maximum absolute atomic E-state index is 13.1. The Bertz CT molecular complexity index is 1470. The van der Waals surface area contributed by atoms with Gasteiger partial charge in [-0.1, -0.05) is 0 Å². The zero-order valence-corrected chi connectivity index (χ0v) is 25.0. The van der Waals surface area contributed by atoms with E-state index in [-0.39, 0.29) is 41.4 Å². The number of hydrogen-bond donors (Lipinski definition) is 1. The average Bonchev–Trinajstić information content (AvgIpc) is 3.35. The van der Waals surface area contributed by atoms with Crippen LogP contribution in [0.25, 0.3) is 0 Å². The summed E-state index contributed by atoms with van der Waals surface area (Å²) in [6.45, 7) is 7.88. The minimum absolute atomic E-state index is 0.00922. The predicted octanol–water partition coefficient (Wildman–Crippen LogP) is 3.41. The summed E-state index contributed by atoms with van der Waals surface area (Å²) in [6, 6.07) is 9.00. The molecule has 1 N–H and O–H groups in total. The van der Waals surface area contributed by atoms with Crippen LogP contribution in [0.15, 0.2) is 46.7 Å². The molecule has 1 amide bonds. The zero-order chi connectivity index (χ0) is 29.6. The quantitative estimate of drug-likeness (QED) is 0.324. The number of nitrogens with one attached hydrogen (secondary N) is 1. The maximum Gasteiger partial charge on any atom is 0.311 e. The molecule has 12 nitrogen and oxygen atoms in total. The Morgan fingerprint density at radius 3 is 2.39 bits per heavy atom. The molecule has 1 fully saturated rings. The molecule has 4 rings (SSSR count). The van der Waals surface area contributed by atoms with E-state index in [1.807, 2.05) is 20.9 Å². The molecule has 0 radical (unpaired) electrons. The molecule has 1 saturated heterocycles. The van der Waals surface area contributed by atoms with Crippen molar-refractivity contribution >= 4 is 38.4 Å². The van der Waals surface area contributed by atoms with Crippen molar-refractivity contribution in [1.29, 1.82) is 0 Å². The summed E-state index contributed by atoms with van der Waals surface area (Å²) in [5.74, 6) is -0.265. The second kappa shape index (κ2) is 13.4. The number of amides is 1. The van der Waals surface area contributed by atoms with Crippen molar-refractivity contribution in [3.05, 3.63) is 53.0 Å². The van der Waals surface area contributed by atoms with E-state index in [2.05, 4.69) is 20.2 Å². The Morgan fingerprint density at radius 1 is 1.05 bits per heavy atom. The van der Waals surface area contributed by atoms with Crippen LogP contribution < -0.4 is 14.8 Å². The number of rotatable bonds is 11. The molecule has 14 heteroatoms. The summed E-state index contributed by atoms with van der Waals surface area (Å²) in [6.07, 6.45) is -0.202. The van der Waals surface area contributed by atoms with Crippen LogP contribution >= 0.6 is 11.3 Å². The van der Waals surface area contributed by atoms with Crippen LogP contribution in [0.2, 0.25) is 0 Å². The molecule has 1 aromatic carbocycles. The topological polar surface area (TPSA) is 140 Å². The highest BCUT2D eigenvalue weighted by Crippen LogP contribution is 2.27. The van der Waals surface area contributed by atoms with Gasteiger partial charge in [0, 0.05) is 43.7 Å². The minimum Gasteiger partial charge on any atom is -0.475 e. The number of carbonyl (C=O) groups is 2. The van der Waals surface area contributed by atoms with Crippen LogP contribution in [0.3, 0.4) is 0 Å². The van der Waals surface area contributed by atoms with Gasteiger partial charge in [0.05, 0.1) is 35.3 Å². The van der Waals surface area contributed by atoms with Crippen LogP contribution in [-0.4, -0.2) is 85.4 Å². The van der Waals surface area contributed by atoms with Crippen molar-refractivity contribution in [3.63, 3.8) is 0 Å². The third-order valence-electron chi connectivity index (χ3n) is 5.95. The van der Waals surface area contributed by atoms with Crippen molar-refractivity contribution in [2.75, 3.05) is 45.2 Å². The highest BCUT2D eigenvalue weighted by atomic mass is 32.2. The number of hydrogen-bond acceptors (Lipinski definition) is 11.